The Bertz CT molecular complexity index is 1420. The summed E-state index contributed by atoms with van der Waals surface area (Å²) in [5, 5.41) is 22.3. The number of unbranched alkanes of at least 4 members (excludes halogenated alkanes) is 2. The van der Waals surface area contributed by atoms with Gasteiger partial charge in [-0.3, -0.25) is 9.36 Å². The summed E-state index contributed by atoms with van der Waals surface area (Å²) in [4.78, 5) is 22.2. The van der Waals surface area contributed by atoms with E-state index in [0.717, 1.165) is 30.4 Å². The molecule has 0 atom stereocenters. The number of aliphatic imine (C=N–C) groups is 1. The van der Waals surface area contributed by atoms with Gasteiger partial charge in [-0.2, -0.15) is 4.98 Å². The molecule has 4 aromatic rings. The number of benzene rings is 1. The van der Waals surface area contributed by atoms with Crippen LogP contribution in [0.5, 0.6) is 5.75 Å². The van der Waals surface area contributed by atoms with Crippen molar-refractivity contribution in [3.8, 4) is 17.1 Å². The Labute approximate surface area is 197 Å². The van der Waals surface area contributed by atoms with Gasteiger partial charge in [-0.05, 0) is 34.5 Å². The molecule has 0 saturated heterocycles. The van der Waals surface area contributed by atoms with Crippen molar-refractivity contribution in [3.63, 3.8) is 0 Å². The summed E-state index contributed by atoms with van der Waals surface area (Å²) in [6.07, 6.45) is 4.42. The Morgan fingerprint density at radius 1 is 1.21 bits per heavy atom. The van der Waals surface area contributed by atoms with E-state index in [0.29, 0.717) is 59.5 Å². The number of hydrogen-bond acceptors (Lipinski definition) is 8. The van der Waals surface area contributed by atoms with Crippen molar-refractivity contribution in [2.45, 2.75) is 52.0 Å². The standard InChI is InChI=1S/C22H22BrN7O3/c1-2-3-4-10-29-20-15(12-16(23)24-20)21(32)30-17(26-27-22(29)30)8-9-18-25-19(28-33-18)13-6-5-7-14(31)11-13/h5-7,11,31H,2-4,8-10,12H2,1H3. The van der Waals surface area contributed by atoms with Crippen LogP contribution in [0.4, 0.5) is 5.82 Å². The molecule has 0 amide bonds. The van der Waals surface area contributed by atoms with E-state index in [1.165, 1.54) is 0 Å². The molecule has 5 rings (SSSR count). The number of aromatic nitrogens is 6. The van der Waals surface area contributed by atoms with E-state index in [9.17, 15) is 9.90 Å². The summed E-state index contributed by atoms with van der Waals surface area (Å²) in [6.45, 7) is 2.87. The van der Waals surface area contributed by atoms with E-state index in [-0.39, 0.29) is 11.3 Å². The molecule has 0 bridgehead atoms. The highest BCUT2D eigenvalue weighted by molar-refractivity contribution is 9.18. The fourth-order valence-electron chi connectivity index (χ4n) is 3.99. The van der Waals surface area contributed by atoms with E-state index in [4.69, 9.17) is 4.52 Å². The monoisotopic (exact) mass is 511 g/mol. The first kappa shape index (κ1) is 21.5. The number of rotatable bonds is 8. The Morgan fingerprint density at radius 3 is 2.91 bits per heavy atom. The van der Waals surface area contributed by atoms with Crippen LogP contribution in [0.25, 0.3) is 17.2 Å². The zero-order valence-corrected chi connectivity index (χ0v) is 19.6. The first-order valence-corrected chi connectivity index (χ1v) is 11.7. The maximum absolute atomic E-state index is 13.3. The molecule has 0 aliphatic carbocycles. The van der Waals surface area contributed by atoms with Crippen LogP contribution in [0.3, 0.4) is 0 Å². The molecular formula is C22H22BrN7O3. The number of phenolic OH excluding ortho intramolecular Hbond substituents is 1. The second-order valence-corrected chi connectivity index (χ2v) is 8.86. The molecular weight excluding hydrogens is 490 g/mol. The predicted molar refractivity (Wildman–Crippen MR) is 125 cm³/mol. The van der Waals surface area contributed by atoms with Crippen LogP contribution in [0, 0.1) is 0 Å². The SMILES string of the molecule is CCCCCn1c2c(c(=O)n3c(CCc4nc(-c5cccc(O)c5)no4)nnc13)CC(Br)=N2. The van der Waals surface area contributed by atoms with Gasteiger partial charge in [-0.15, -0.1) is 10.2 Å². The van der Waals surface area contributed by atoms with Gasteiger partial charge in [0, 0.05) is 31.4 Å². The van der Waals surface area contributed by atoms with Gasteiger partial charge in [-0.25, -0.2) is 9.39 Å². The van der Waals surface area contributed by atoms with Crippen molar-refractivity contribution in [2.24, 2.45) is 4.99 Å². The maximum atomic E-state index is 13.3. The third-order valence-corrected chi connectivity index (χ3v) is 6.07. The molecule has 1 aliphatic heterocycles. The lowest BCUT2D eigenvalue weighted by Gasteiger charge is -2.12. The lowest BCUT2D eigenvalue weighted by atomic mass is 10.2. The second kappa shape index (κ2) is 8.89. The molecule has 0 fully saturated rings. The zero-order valence-electron chi connectivity index (χ0n) is 18.0. The minimum absolute atomic E-state index is 0.132. The Balaban J connectivity index is 1.44. The molecule has 1 N–H and O–H groups in total. The summed E-state index contributed by atoms with van der Waals surface area (Å²) >= 11 is 3.45. The minimum Gasteiger partial charge on any atom is -0.508 e. The molecule has 170 valence electrons. The number of nitrogens with zero attached hydrogens (tertiary/aromatic N) is 7. The molecule has 33 heavy (non-hydrogen) atoms. The van der Waals surface area contributed by atoms with Crippen LogP contribution < -0.4 is 5.56 Å². The third-order valence-electron chi connectivity index (χ3n) is 5.61. The first-order valence-electron chi connectivity index (χ1n) is 10.9. The van der Waals surface area contributed by atoms with E-state index in [1.54, 1.807) is 28.7 Å². The van der Waals surface area contributed by atoms with Gasteiger partial charge in [0.2, 0.25) is 17.5 Å². The normalized spacial score (nSPS) is 13.0. The van der Waals surface area contributed by atoms with Crippen LogP contribution in [-0.4, -0.2) is 39.0 Å². The Morgan fingerprint density at radius 2 is 2.09 bits per heavy atom. The van der Waals surface area contributed by atoms with E-state index in [2.05, 4.69) is 48.2 Å². The third kappa shape index (κ3) is 4.08. The molecule has 0 spiro atoms. The van der Waals surface area contributed by atoms with Crippen molar-refractivity contribution >= 4 is 32.1 Å². The average Bonchev–Trinajstić information content (AvgIpc) is 3.53. The highest BCUT2D eigenvalue weighted by atomic mass is 79.9. The number of hydrogen-bond donors (Lipinski definition) is 1. The van der Waals surface area contributed by atoms with Crippen LogP contribution in [-0.2, 0) is 25.8 Å². The molecule has 11 heteroatoms. The van der Waals surface area contributed by atoms with Crippen molar-refractivity contribution in [1.82, 2.24) is 29.3 Å². The van der Waals surface area contributed by atoms with Crippen LogP contribution >= 0.6 is 15.9 Å². The largest absolute Gasteiger partial charge is 0.508 e. The van der Waals surface area contributed by atoms with E-state index < -0.39 is 0 Å². The van der Waals surface area contributed by atoms with Crippen molar-refractivity contribution < 1.29 is 9.63 Å². The molecule has 1 aliphatic rings. The molecule has 3 aromatic heterocycles. The number of aryl methyl sites for hydroxylation is 3. The topological polar surface area (TPSA) is 124 Å². The Kier molecular flexibility index (Phi) is 5.79. The van der Waals surface area contributed by atoms with E-state index in [1.807, 2.05) is 4.57 Å². The van der Waals surface area contributed by atoms with Crippen LogP contribution in [0.1, 0.15) is 43.5 Å². The van der Waals surface area contributed by atoms with Crippen molar-refractivity contribution in [3.05, 3.63) is 51.9 Å². The van der Waals surface area contributed by atoms with Crippen LogP contribution in [0.15, 0.2) is 38.6 Å². The first-order chi connectivity index (χ1) is 16.0. The van der Waals surface area contributed by atoms with Gasteiger partial charge in [-0.1, -0.05) is 37.1 Å². The Hall–Kier alpha value is -3.34. The maximum Gasteiger partial charge on any atom is 0.266 e. The minimum atomic E-state index is -0.143. The smallest absolute Gasteiger partial charge is 0.266 e. The second-order valence-electron chi connectivity index (χ2n) is 7.94. The quantitative estimate of drug-likeness (QED) is 0.358. The van der Waals surface area contributed by atoms with Gasteiger partial charge in [0.15, 0.2) is 0 Å². The van der Waals surface area contributed by atoms with Crippen molar-refractivity contribution in [1.29, 1.82) is 0 Å². The number of aromatic hydroxyl groups is 1. The van der Waals surface area contributed by atoms with Crippen molar-refractivity contribution in [2.75, 3.05) is 0 Å². The summed E-state index contributed by atoms with van der Waals surface area (Å²) in [5.41, 5.74) is 1.17. The lowest BCUT2D eigenvalue weighted by Crippen LogP contribution is -2.24. The number of fused-ring (bicyclic) bond motifs is 2. The predicted octanol–water partition coefficient (Wildman–Crippen LogP) is 3.60. The summed E-state index contributed by atoms with van der Waals surface area (Å²) in [5.74, 6) is 2.66. The van der Waals surface area contributed by atoms with Gasteiger partial charge < -0.3 is 9.63 Å². The highest BCUT2D eigenvalue weighted by Gasteiger charge is 2.25. The lowest BCUT2D eigenvalue weighted by molar-refractivity contribution is 0.378. The fraction of sp³-hybridized carbons (Fsp3) is 0.364. The van der Waals surface area contributed by atoms with Gasteiger partial charge in [0.1, 0.15) is 17.4 Å². The van der Waals surface area contributed by atoms with Gasteiger partial charge in [0.25, 0.3) is 5.56 Å². The molecule has 10 nitrogen and oxygen atoms in total. The molecule has 0 unspecified atom stereocenters. The molecule has 0 saturated carbocycles. The molecule has 1 aromatic carbocycles. The zero-order chi connectivity index (χ0) is 22.9. The average molecular weight is 512 g/mol. The van der Waals surface area contributed by atoms with Gasteiger partial charge in [0.05, 0.1) is 10.2 Å². The van der Waals surface area contributed by atoms with Gasteiger partial charge >= 0.3 is 0 Å². The number of halogens is 1. The number of phenols is 1. The molecule has 4 heterocycles. The summed E-state index contributed by atoms with van der Waals surface area (Å²) in [7, 11) is 0. The summed E-state index contributed by atoms with van der Waals surface area (Å²) < 4.78 is 9.68. The highest BCUT2D eigenvalue weighted by Crippen LogP contribution is 2.28. The summed E-state index contributed by atoms with van der Waals surface area (Å²) in [6, 6.07) is 6.66. The molecule has 0 radical (unpaired) electrons. The fourth-order valence-corrected chi connectivity index (χ4v) is 4.43. The van der Waals surface area contributed by atoms with E-state index >= 15 is 0 Å². The van der Waals surface area contributed by atoms with Crippen LogP contribution in [0.2, 0.25) is 0 Å².